The van der Waals surface area contributed by atoms with Crippen LogP contribution in [0.5, 0.6) is 0 Å². The molecule has 0 aliphatic heterocycles. The second-order valence-corrected chi connectivity index (χ2v) is 8.51. The molecule has 2 amide bonds. The van der Waals surface area contributed by atoms with Gasteiger partial charge in [-0.3, -0.25) is 20.4 Å². The molecule has 1 heterocycles. The van der Waals surface area contributed by atoms with E-state index in [1.165, 1.54) is 25.2 Å². The summed E-state index contributed by atoms with van der Waals surface area (Å²) < 4.78 is 25.9. The van der Waals surface area contributed by atoms with Crippen LogP contribution in [0.2, 0.25) is 0 Å². The number of hydrogen-bond acceptors (Lipinski definition) is 5. The highest BCUT2D eigenvalue weighted by Crippen LogP contribution is 2.14. The number of likely N-dealkylation sites (N-methyl/N-ethyl adjacent to an activating group) is 1. The molecule has 0 atom stereocenters. The number of pyridine rings is 1. The van der Waals surface area contributed by atoms with Gasteiger partial charge in [-0.05, 0) is 31.2 Å². The molecule has 0 radical (unpaired) electrons. The zero-order valence-corrected chi connectivity index (χ0v) is 16.7. The quantitative estimate of drug-likeness (QED) is 0.619. The van der Waals surface area contributed by atoms with E-state index in [0.717, 1.165) is 15.3 Å². The Morgan fingerprint density at radius 1 is 0.966 bits per heavy atom. The number of nitrogens with one attached hydrogen (secondary N) is 2. The van der Waals surface area contributed by atoms with Gasteiger partial charge in [-0.25, -0.2) is 13.4 Å². The minimum Gasteiger partial charge on any atom is -0.272 e. The Morgan fingerprint density at radius 3 is 2.38 bits per heavy atom. The Hall–Kier alpha value is -3.30. The van der Waals surface area contributed by atoms with Crippen molar-refractivity contribution in [3.05, 3.63) is 71.9 Å². The summed E-state index contributed by atoms with van der Waals surface area (Å²) in [4.78, 5) is 28.6. The molecular weight excluding hydrogens is 392 g/mol. The van der Waals surface area contributed by atoms with Crippen LogP contribution in [0.3, 0.4) is 0 Å². The second kappa shape index (κ2) is 8.38. The number of amides is 2. The van der Waals surface area contributed by atoms with E-state index in [0.29, 0.717) is 5.52 Å². The second-order valence-electron chi connectivity index (χ2n) is 6.47. The summed E-state index contributed by atoms with van der Waals surface area (Å²) in [5.74, 6) is -1.29. The van der Waals surface area contributed by atoms with Crippen molar-refractivity contribution in [1.82, 2.24) is 20.1 Å². The van der Waals surface area contributed by atoms with Crippen LogP contribution in [-0.4, -0.2) is 43.1 Å². The lowest BCUT2D eigenvalue weighted by molar-refractivity contribution is -0.121. The van der Waals surface area contributed by atoms with Gasteiger partial charge in [-0.1, -0.05) is 42.0 Å². The fourth-order valence-corrected chi connectivity index (χ4v) is 3.73. The highest BCUT2D eigenvalue weighted by atomic mass is 32.2. The Morgan fingerprint density at radius 2 is 1.66 bits per heavy atom. The first-order chi connectivity index (χ1) is 13.8. The molecule has 8 nitrogen and oxygen atoms in total. The Bertz CT molecular complexity index is 1160. The average molecular weight is 412 g/mol. The fraction of sp³-hybridized carbons (Fsp3) is 0.150. The SMILES string of the molecule is Cc1ccc(S(=O)(=O)N(C)CC(=O)NNC(=O)c2ccc3ccccc3n2)cc1. The molecule has 0 saturated carbocycles. The van der Waals surface area contributed by atoms with Crippen LogP contribution in [0.4, 0.5) is 0 Å². The van der Waals surface area contributed by atoms with Gasteiger partial charge in [-0.2, -0.15) is 4.31 Å². The minimum absolute atomic E-state index is 0.0859. The van der Waals surface area contributed by atoms with Crippen LogP contribution in [-0.2, 0) is 14.8 Å². The summed E-state index contributed by atoms with van der Waals surface area (Å²) in [7, 11) is -2.53. The molecule has 29 heavy (non-hydrogen) atoms. The van der Waals surface area contributed by atoms with Crippen molar-refractivity contribution in [2.45, 2.75) is 11.8 Å². The minimum atomic E-state index is -3.82. The van der Waals surface area contributed by atoms with Crippen molar-refractivity contribution < 1.29 is 18.0 Å². The van der Waals surface area contributed by atoms with Crippen LogP contribution in [0.15, 0.2) is 65.6 Å². The number of sulfonamides is 1. The molecule has 0 spiro atoms. The molecule has 3 rings (SSSR count). The van der Waals surface area contributed by atoms with Gasteiger partial charge in [0, 0.05) is 12.4 Å². The summed E-state index contributed by atoms with van der Waals surface area (Å²) in [5.41, 5.74) is 6.16. The number of aryl methyl sites for hydroxylation is 1. The molecule has 3 aromatic rings. The number of carbonyl (C=O) groups is 2. The number of fused-ring (bicyclic) bond motifs is 1. The van der Waals surface area contributed by atoms with E-state index in [2.05, 4.69) is 15.8 Å². The van der Waals surface area contributed by atoms with E-state index in [1.807, 2.05) is 25.1 Å². The van der Waals surface area contributed by atoms with Crippen LogP contribution >= 0.6 is 0 Å². The van der Waals surface area contributed by atoms with Crippen LogP contribution in [0.1, 0.15) is 16.1 Å². The number of rotatable bonds is 5. The fourth-order valence-electron chi connectivity index (χ4n) is 2.60. The van der Waals surface area contributed by atoms with E-state index in [9.17, 15) is 18.0 Å². The van der Waals surface area contributed by atoms with Crippen molar-refractivity contribution in [3.63, 3.8) is 0 Å². The molecule has 0 unspecified atom stereocenters. The molecule has 150 valence electrons. The lowest BCUT2D eigenvalue weighted by atomic mass is 10.2. The third-order valence-electron chi connectivity index (χ3n) is 4.24. The normalized spacial score (nSPS) is 11.4. The molecule has 0 fully saturated rings. The van der Waals surface area contributed by atoms with Gasteiger partial charge >= 0.3 is 0 Å². The molecule has 2 aromatic carbocycles. The maximum atomic E-state index is 12.5. The molecular formula is C20H20N4O4S. The van der Waals surface area contributed by atoms with Crippen molar-refractivity contribution in [3.8, 4) is 0 Å². The Kier molecular flexibility index (Phi) is 5.90. The molecule has 0 aliphatic carbocycles. The number of hydrazine groups is 1. The first-order valence-electron chi connectivity index (χ1n) is 8.75. The lowest BCUT2D eigenvalue weighted by Crippen LogP contribution is -2.46. The topological polar surface area (TPSA) is 108 Å². The zero-order chi connectivity index (χ0) is 21.0. The largest absolute Gasteiger partial charge is 0.288 e. The first kappa shape index (κ1) is 20.4. The van der Waals surface area contributed by atoms with Gasteiger partial charge in [0.05, 0.1) is 17.0 Å². The van der Waals surface area contributed by atoms with Crippen molar-refractivity contribution in [1.29, 1.82) is 0 Å². The number of para-hydroxylation sites is 1. The summed E-state index contributed by atoms with van der Waals surface area (Å²) in [6.45, 7) is 1.39. The molecule has 2 N–H and O–H groups in total. The highest BCUT2D eigenvalue weighted by Gasteiger charge is 2.23. The number of nitrogens with zero attached hydrogens (tertiary/aromatic N) is 2. The molecule has 0 aliphatic rings. The number of hydrogen-bond donors (Lipinski definition) is 2. The van der Waals surface area contributed by atoms with Crippen LogP contribution in [0, 0.1) is 6.92 Å². The molecule has 1 aromatic heterocycles. The van der Waals surface area contributed by atoms with E-state index in [1.54, 1.807) is 24.3 Å². The first-order valence-corrected chi connectivity index (χ1v) is 10.2. The van der Waals surface area contributed by atoms with Gasteiger partial charge in [0.2, 0.25) is 10.0 Å². The third-order valence-corrected chi connectivity index (χ3v) is 6.06. The predicted molar refractivity (Wildman–Crippen MR) is 108 cm³/mol. The van der Waals surface area contributed by atoms with E-state index in [4.69, 9.17) is 0 Å². The Labute approximate surface area is 168 Å². The van der Waals surface area contributed by atoms with E-state index < -0.39 is 28.4 Å². The van der Waals surface area contributed by atoms with Gasteiger partial charge in [0.1, 0.15) is 5.69 Å². The third kappa shape index (κ3) is 4.76. The van der Waals surface area contributed by atoms with Crippen molar-refractivity contribution >= 4 is 32.7 Å². The Balaban J connectivity index is 1.59. The summed E-state index contributed by atoms with van der Waals surface area (Å²) in [6.07, 6.45) is 0. The molecule has 0 bridgehead atoms. The maximum Gasteiger partial charge on any atom is 0.288 e. The summed E-state index contributed by atoms with van der Waals surface area (Å²) >= 11 is 0. The van der Waals surface area contributed by atoms with E-state index >= 15 is 0 Å². The number of aromatic nitrogens is 1. The van der Waals surface area contributed by atoms with Gasteiger partial charge < -0.3 is 0 Å². The number of carbonyl (C=O) groups excluding carboxylic acids is 2. The monoisotopic (exact) mass is 412 g/mol. The van der Waals surface area contributed by atoms with Crippen molar-refractivity contribution in [2.24, 2.45) is 0 Å². The smallest absolute Gasteiger partial charge is 0.272 e. The lowest BCUT2D eigenvalue weighted by Gasteiger charge is -2.17. The van der Waals surface area contributed by atoms with E-state index in [-0.39, 0.29) is 10.6 Å². The number of benzene rings is 2. The van der Waals surface area contributed by atoms with Gasteiger partial charge in [-0.15, -0.1) is 0 Å². The standard InChI is InChI=1S/C20H20N4O4S/c1-14-7-10-16(11-8-14)29(27,28)24(2)13-19(25)22-23-20(26)18-12-9-15-5-3-4-6-17(15)21-18/h3-12H,13H2,1-2H3,(H,22,25)(H,23,26). The summed E-state index contributed by atoms with van der Waals surface area (Å²) in [5, 5.41) is 0.885. The van der Waals surface area contributed by atoms with Crippen molar-refractivity contribution in [2.75, 3.05) is 13.6 Å². The van der Waals surface area contributed by atoms with Crippen LogP contribution < -0.4 is 10.9 Å². The predicted octanol–water partition coefficient (Wildman–Crippen LogP) is 1.62. The zero-order valence-electron chi connectivity index (χ0n) is 15.9. The average Bonchev–Trinajstić information content (AvgIpc) is 2.71. The van der Waals surface area contributed by atoms with Gasteiger partial charge in [0.25, 0.3) is 11.8 Å². The summed E-state index contributed by atoms with van der Waals surface area (Å²) in [6, 6.07) is 16.9. The molecule has 9 heteroatoms. The highest BCUT2D eigenvalue weighted by molar-refractivity contribution is 7.89. The van der Waals surface area contributed by atoms with Crippen LogP contribution in [0.25, 0.3) is 10.9 Å². The molecule has 0 saturated heterocycles. The van der Waals surface area contributed by atoms with Gasteiger partial charge in [0.15, 0.2) is 0 Å². The maximum absolute atomic E-state index is 12.5.